The summed E-state index contributed by atoms with van der Waals surface area (Å²) in [7, 11) is 0. The van der Waals surface area contributed by atoms with Crippen molar-refractivity contribution < 1.29 is 13.9 Å². The number of rotatable bonds is 4. The summed E-state index contributed by atoms with van der Waals surface area (Å²) in [5.41, 5.74) is 0.737. The average molecular weight is 269 g/mol. The summed E-state index contributed by atoms with van der Waals surface area (Å²) in [6.07, 6.45) is 4.36. The highest BCUT2D eigenvalue weighted by Gasteiger charge is 2.25. The van der Waals surface area contributed by atoms with E-state index < -0.39 is 11.6 Å². The molecule has 0 saturated heterocycles. The van der Waals surface area contributed by atoms with Gasteiger partial charge in [0.2, 0.25) is 0 Å². The number of benzene rings is 1. The molecule has 0 heterocycles. The highest BCUT2D eigenvalue weighted by Crippen LogP contribution is 2.26. The van der Waals surface area contributed by atoms with Crippen LogP contribution in [-0.4, -0.2) is 17.8 Å². The van der Waals surface area contributed by atoms with E-state index in [1.54, 1.807) is 6.07 Å². The molecule has 19 heavy (non-hydrogen) atoms. The second-order valence-corrected chi connectivity index (χ2v) is 5.40. The molecule has 0 radical (unpaired) electrons. The van der Waals surface area contributed by atoms with E-state index in [4.69, 9.17) is 0 Å². The molecule has 0 aliphatic heterocycles. The number of nitrogens with one attached hydrogen (secondary N) is 1. The second-order valence-electron chi connectivity index (χ2n) is 5.40. The maximum atomic E-state index is 13.2. The minimum atomic E-state index is -0.818. The Hall–Kier alpha value is -1.00. The standard InChI is InChI=1S/C15H21F2NO/c1-10(11-6-7-13(16)14(17)8-11)18-15-5-3-2-4-12(15)9-19/h6-8,10,12,15,18-19H,2-5,9H2,1H3. The molecular formula is C15H21F2NO. The first-order valence-electron chi connectivity index (χ1n) is 6.93. The Labute approximate surface area is 112 Å². The molecule has 1 aromatic rings. The molecule has 3 unspecified atom stereocenters. The Morgan fingerprint density at radius 1 is 1.26 bits per heavy atom. The predicted molar refractivity (Wildman–Crippen MR) is 70.7 cm³/mol. The van der Waals surface area contributed by atoms with Crippen molar-refractivity contribution >= 4 is 0 Å². The third kappa shape index (κ3) is 3.51. The zero-order chi connectivity index (χ0) is 13.8. The van der Waals surface area contributed by atoms with Crippen molar-refractivity contribution in [1.29, 1.82) is 0 Å². The van der Waals surface area contributed by atoms with E-state index in [2.05, 4.69) is 5.32 Å². The van der Waals surface area contributed by atoms with Gasteiger partial charge in [0.1, 0.15) is 0 Å². The van der Waals surface area contributed by atoms with Gasteiger partial charge in [-0.1, -0.05) is 18.9 Å². The van der Waals surface area contributed by atoms with Crippen molar-refractivity contribution in [3.05, 3.63) is 35.4 Å². The summed E-state index contributed by atoms with van der Waals surface area (Å²) >= 11 is 0. The zero-order valence-corrected chi connectivity index (χ0v) is 11.2. The van der Waals surface area contributed by atoms with Crippen LogP contribution >= 0.6 is 0 Å². The number of halogens is 2. The lowest BCUT2D eigenvalue weighted by atomic mass is 9.84. The van der Waals surface area contributed by atoms with Gasteiger partial charge >= 0.3 is 0 Å². The molecule has 1 aliphatic rings. The smallest absolute Gasteiger partial charge is 0.159 e. The number of aliphatic hydroxyl groups is 1. The maximum Gasteiger partial charge on any atom is 0.159 e. The molecule has 106 valence electrons. The third-order valence-electron chi connectivity index (χ3n) is 4.05. The first kappa shape index (κ1) is 14.4. The molecule has 1 aliphatic carbocycles. The number of hydrogen-bond donors (Lipinski definition) is 2. The molecule has 0 spiro atoms. The van der Waals surface area contributed by atoms with E-state index in [1.807, 2.05) is 6.92 Å². The van der Waals surface area contributed by atoms with Crippen molar-refractivity contribution in [1.82, 2.24) is 5.32 Å². The van der Waals surface area contributed by atoms with Crippen molar-refractivity contribution in [2.45, 2.75) is 44.7 Å². The largest absolute Gasteiger partial charge is 0.396 e. The minimum Gasteiger partial charge on any atom is -0.396 e. The fourth-order valence-corrected chi connectivity index (χ4v) is 2.84. The molecule has 2 N–H and O–H groups in total. The molecule has 2 nitrogen and oxygen atoms in total. The molecule has 0 amide bonds. The summed E-state index contributed by atoms with van der Waals surface area (Å²) in [6, 6.07) is 4.21. The maximum absolute atomic E-state index is 13.2. The van der Waals surface area contributed by atoms with Gasteiger partial charge in [0.25, 0.3) is 0 Å². The minimum absolute atomic E-state index is 0.0488. The van der Waals surface area contributed by atoms with Gasteiger partial charge in [-0.05, 0) is 43.4 Å². The lowest BCUT2D eigenvalue weighted by Gasteiger charge is -2.33. The van der Waals surface area contributed by atoms with Gasteiger partial charge in [-0.2, -0.15) is 0 Å². The molecule has 0 aromatic heterocycles. The van der Waals surface area contributed by atoms with Crippen LogP contribution in [-0.2, 0) is 0 Å². The SMILES string of the molecule is CC(NC1CCCCC1CO)c1ccc(F)c(F)c1. The number of hydrogen-bond acceptors (Lipinski definition) is 2. The van der Waals surface area contributed by atoms with Crippen LogP contribution in [0.3, 0.4) is 0 Å². The van der Waals surface area contributed by atoms with Gasteiger partial charge in [-0.25, -0.2) is 8.78 Å². The van der Waals surface area contributed by atoms with Crippen molar-refractivity contribution in [2.24, 2.45) is 5.92 Å². The summed E-state index contributed by atoms with van der Waals surface area (Å²) in [6.45, 7) is 2.12. The van der Waals surface area contributed by atoms with E-state index in [0.29, 0.717) is 0 Å². The molecule has 1 saturated carbocycles. The number of aliphatic hydroxyl groups excluding tert-OH is 1. The molecule has 1 aromatic carbocycles. The topological polar surface area (TPSA) is 32.3 Å². The molecule has 2 rings (SSSR count). The van der Waals surface area contributed by atoms with Crippen LogP contribution in [0.5, 0.6) is 0 Å². The lowest BCUT2D eigenvalue weighted by Crippen LogP contribution is -2.41. The summed E-state index contributed by atoms with van der Waals surface area (Å²) < 4.78 is 26.1. The van der Waals surface area contributed by atoms with E-state index in [-0.39, 0.29) is 24.6 Å². The van der Waals surface area contributed by atoms with E-state index in [0.717, 1.165) is 37.3 Å². The summed E-state index contributed by atoms with van der Waals surface area (Å²) in [4.78, 5) is 0. The summed E-state index contributed by atoms with van der Waals surface area (Å²) in [5.74, 6) is -1.36. The normalized spacial score (nSPS) is 25.3. The van der Waals surface area contributed by atoms with Gasteiger partial charge in [0.05, 0.1) is 0 Å². The Morgan fingerprint density at radius 2 is 2.00 bits per heavy atom. The van der Waals surface area contributed by atoms with Crippen LogP contribution in [0, 0.1) is 17.6 Å². The van der Waals surface area contributed by atoms with Crippen molar-refractivity contribution in [2.75, 3.05) is 6.61 Å². The van der Waals surface area contributed by atoms with E-state index in [9.17, 15) is 13.9 Å². The van der Waals surface area contributed by atoms with Crippen LogP contribution in [0.15, 0.2) is 18.2 Å². The van der Waals surface area contributed by atoms with Crippen LogP contribution in [0.1, 0.15) is 44.2 Å². The average Bonchev–Trinajstić information content (AvgIpc) is 2.42. The molecule has 1 fully saturated rings. The van der Waals surface area contributed by atoms with Gasteiger partial charge in [-0.15, -0.1) is 0 Å². The van der Waals surface area contributed by atoms with E-state index >= 15 is 0 Å². The van der Waals surface area contributed by atoms with Crippen LogP contribution in [0.4, 0.5) is 8.78 Å². The molecular weight excluding hydrogens is 248 g/mol. The zero-order valence-electron chi connectivity index (χ0n) is 11.2. The monoisotopic (exact) mass is 269 g/mol. The van der Waals surface area contributed by atoms with Gasteiger partial charge < -0.3 is 10.4 Å². The van der Waals surface area contributed by atoms with Gasteiger partial charge in [0.15, 0.2) is 11.6 Å². The second kappa shape index (κ2) is 6.44. The Morgan fingerprint density at radius 3 is 2.68 bits per heavy atom. The Kier molecular flexibility index (Phi) is 4.88. The predicted octanol–water partition coefficient (Wildman–Crippen LogP) is 3.17. The summed E-state index contributed by atoms with van der Waals surface area (Å²) in [5, 5.41) is 12.8. The lowest BCUT2D eigenvalue weighted by molar-refractivity contribution is 0.147. The highest BCUT2D eigenvalue weighted by molar-refractivity contribution is 5.21. The van der Waals surface area contributed by atoms with E-state index in [1.165, 1.54) is 6.07 Å². The van der Waals surface area contributed by atoms with Gasteiger partial charge in [0, 0.05) is 18.7 Å². The molecule has 3 atom stereocenters. The first-order valence-corrected chi connectivity index (χ1v) is 6.93. The fourth-order valence-electron chi connectivity index (χ4n) is 2.84. The fraction of sp³-hybridized carbons (Fsp3) is 0.600. The Bertz CT molecular complexity index is 425. The van der Waals surface area contributed by atoms with Crippen LogP contribution < -0.4 is 5.32 Å². The molecule has 0 bridgehead atoms. The highest BCUT2D eigenvalue weighted by atomic mass is 19.2. The third-order valence-corrected chi connectivity index (χ3v) is 4.05. The Balaban J connectivity index is 2.02. The van der Waals surface area contributed by atoms with Crippen LogP contribution in [0.25, 0.3) is 0 Å². The van der Waals surface area contributed by atoms with Gasteiger partial charge in [-0.3, -0.25) is 0 Å². The van der Waals surface area contributed by atoms with Crippen molar-refractivity contribution in [3.8, 4) is 0 Å². The van der Waals surface area contributed by atoms with Crippen LogP contribution in [0.2, 0.25) is 0 Å². The first-order chi connectivity index (χ1) is 9.11. The van der Waals surface area contributed by atoms with Crippen molar-refractivity contribution in [3.63, 3.8) is 0 Å². The molecule has 4 heteroatoms. The quantitative estimate of drug-likeness (QED) is 0.880.